The number of rotatable bonds is 7. The molecule has 1 unspecified atom stereocenters. The van der Waals surface area contributed by atoms with Gasteiger partial charge < -0.3 is 5.73 Å². The Labute approximate surface area is 130 Å². The molecule has 6 heteroatoms. The smallest absolute Gasteiger partial charge is 0.244 e. The molecular formula is C14H23BrN2O2S. The number of nitrogens with two attached hydrogens (primary N) is 1. The van der Waals surface area contributed by atoms with Crippen molar-refractivity contribution in [1.29, 1.82) is 0 Å². The number of nitrogens with zero attached hydrogens (tertiary/aromatic N) is 1. The van der Waals surface area contributed by atoms with Gasteiger partial charge in [0.1, 0.15) is 0 Å². The molecule has 2 N–H and O–H groups in total. The quantitative estimate of drug-likeness (QED) is 0.810. The Bertz CT molecular complexity index is 546. The molecule has 0 spiro atoms. The van der Waals surface area contributed by atoms with Crippen LogP contribution in [0.5, 0.6) is 0 Å². The summed E-state index contributed by atoms with van der Waals surface area (Å²) in [5.74, 6) is 0.334. The lowest BCUT2D eigenvalue weighted by atomic mass is 10.1. The van der Waals surface area contributed by atoms with Crippen molar-refractivity contribution in [2.75, 3.05) is 13.1 Å². The van der Waals surface area contributed by atoms with Crippen molar-refractivity contribution in [2.24, 2.45) is 11.7 Å². The summed E-state index contributed by atoms with van der Waals surface area (Å²) in [6.07, 6.45) is 0.954. The molecular weight excluding hydrogens is 340 g/mol. The summed E-state index contributed by atoms with van der Waals surface area (Å²) in [6, 6.07) is 5.22. The molecule has 0 aromatic heterocycles. The van der Waals surface area contributed by atoms with Gasteiger partial charge in [0.2, 0.25) is 10.0 Å². The lowest BCUT2D eigenvalue weighted by Crippen LogP contribution is -2.34. The molecule has 1 atom stereocenters. The molecule has 1 aromatic carbocycles. The Kier molecular flexibility index (Phi) is 6.64. The maximum Gasteiger partial charge on any atom is 0.244 e. The van der Waals surface area contributed by atoms with E-state index >= 15 is 0 Å². The third-order valence-corrected chi connectivity index (χ3v) is 6.35. The Morgan fingerprint density at radius 3 is 2.50 bits per heavy atom. The van der Waals surface area contributed by atoms with Crippen molar-refractivity contribution < 1.29 is 8.42 Å². The summed E-state index contributed by atoms with van der Waals surface area (Å²) in [7, 11) is -3.49. The van der Waals surface area contributed by atoms with Crippen LogP contribution in [0.3, 0.4) is 0 Å². The van der Waals surface area contributed by atoms with E-state index in [0.717, 1.165) is 12.0 Å². The Hall–Kier alpha value is -0.430. The minimum absolute atomic E-state index is 0.297. The summed E-state index contributed by atoms with van der Waals surface area (Å²) in [6.45, 7) is 7.31. The van der Waals surface area contributed by atoms with Gasteiger partial charge in [-0.15, -0.1) is 0 Å². The summed E-state index contributed by atoms with van der Waals surface area (Å²) in [5, 5.41) is 0. The minimum atomic E-state index is -3.49. The summed E-state index contributed by atoms with van der Waals surface area (Å²) in [5.41, 5.74) is 6.41. The second-order valence-corrected chi connectivity index (χ2v) is 7.70. The highest BCUT2D eigenvalue weighted by Gasteiger charge is 2.26. The number of benzene rings is 1. The SMILES string of the molecule is CCC(C)CN(CC)S(=O)(=O)c1cc(CN)ccc1Br. The molecule has 1 aromatic rings. The Morgan fingerprint density at radius 1 is 1.35 bits per heavy atom. The van der Waals surface area contributed by atoms with Gasteiger partial charge in [0.15, 0.2) is 0 Å². The van der Waals surface area contributed by atoms with Gasteiger partial charge in [-0.2, -0.15) is 4.31 Å². The molecule has 0 saturated carbocycles. The van der Waals surface area contributed by atoms with Crippen LogP contribution in [0.25, 0.3) is 0 Å². The first kappa shape index (κ1) is 17.6. The molecule has 20 heavy (non-hydrogen) atoms. The van der Waals surface area contributed by atoms with Crippen LogP contribution in [0.1, 0.15) is 32.8 Å². The highest BCUT2D eigenvalue weighted by atomic mass is 79.9. The van der Waals surface area contributed by atoms with E-state index in [1.165, 1.54) is 4.31 Å². The van der Waals surface area contributed by atoms with Crippen molar-refractivity contribution in [3.8, 4) is 0 Å². The van der Waals surface area contributed by atoms with Gasteiger partial charge in [-0.25, -0.2) is 8.42 Å². The zero-order valence-electron chi connectivity index (χ0n) is 12.3. The first-order chi connectivity index (χ1) is 9.36. The molecule has 0 bridgehead atoms. The maximum atomic E-state index is 12.8. The fraction of sp³-hybridized carbons (Fsp3) is 0.571. The van der Waals surface area contributed by atoms with E-state index in [0.29, 0.717) is 34.9 Å². The number of halogens is 1. The molecule has 0 fully saturated rings. The summed E-state index contributed by atoms with van der Waals surface area (Å²) >= 11 is 3.33. The molecule has 0 amide bonds. The predicted octanol–water partition coefficient (Wildman–Crippen LogP) is 2.96. The van der Waals surface area contributed by atoms with Gasteiger partial charge in [0, 0.05) is 24.1 Å². The second kappa shape index (κ2) is 7.54. The van der Waals surface area contributed by atoms with Crippen LogP contribution in [0.15, 0.2) is 27.6 Å². The predicted molar refractivity (Wildman–Crippen MR) is 85.9 cm³/mol. The molecule has 4 nitrogen and oxygen atoms in total. The van der Waals surface area contributed by atoms with E-state index in [2.05, 4.69) is 29.8 Å². The summed E-state index contributed by atoms with van der Waals surface area (Å²) in [4.78, 5) is 0.297. The van der Waals surface area contributed by atoms with Crippen molar-refractivity contribution >= 4 is 26.0 Å². The van der Waals surface area contributed by atoms with Crippen LogP contribution in [0.2, 0.25) is 0 Å². The lowest BCUT2D eigenvalue weighted by Gasteiger charge is -2.24. The van der Waals surface area contributed by atoms with Gasteiger partial charge in [-0.3, -0.25) is 0 Å². The highest BCUT2D eigenvalue weighted by Crippen LogP contribution is 2.27. The maximum absolute atomic E-state index is 12.8. The third-order valence-electron chi connectivity index (χ3n) is 3.41. The molecule has 114 valence electrons. The van der Waals surface area contributed by atoms with Crippen LogP contribution in [-0.4, -0.2) is 25.8 Å². The van der Waals surface area contributed by atoms with Crippen molar-refractivity contribution in [3.05, 3.63) is 28.2 Å². The zero-order chi connectivity index (χ0) is 15.3. The monoisotopic (exact) mass is 362 g/mol. The molecule has 0 radical (unpaired) electrons. The van der Waals surface area contributed by atoms with E-state index < -0.39 is 10.0 Å². The zero-order valence-corrected chi connectivity index (χ0v) is 14.7. The van der Waals surface area contributed by atoms with Crippen molar-refractivity contribution in [3.63, 3.8) is 0 Å². The molecule has 0 aliphatic carbocycles. The normalized spacial score (nSPS) is 13.7. The van der Waals surface area contributed by atoms with E-state index in [1.54, 1.807) is 12.1 Å². The lowest BCUT2D eigenvalue weighted by molar-refractivity contribution is 0.361. The Morgan fingerprint density at radius 2 is 2.00 bits per heavy atom. The topological polar surface area (TPSA) is 63.4 Å². The standard InChI is InChI=1S/C14H23BrN2O2S/c1-4-11(3)10-17(5-2)20(18,19)14-8-12(9-16)6-7-13(14)15/h6-8,11H,4-5,9-10,16H2,1-3H3. The van der Waals surface area contributed by atoms with Crippen LogP contribution in [-0.2, 0) is 16.6 Å². The van der Waals surface area contributed by atoms with E-state index in [-0.39, 0.29) is 0 Å². The van der Waals surface area contributed by atoms with E-state index in [4.69, 9.17) is 5.73 Å². The molecule has 0 aliphatic rings. The minimum Gasteiger partial charge on any atom is -0.326 e. The first-order valence-electron chi connectivity index (χ1n) is 6.85. The fourth-order valence-electron chi connectivity index (χ4n) is 1.89. The number of hydrogen-bond donors (Lipinski definition) is 1. The molecule has 0 aliphatic heterocycles. The highest BCUT2D eigenvalue weighted by molar-refractivity contribution is 9.10. The molecule has 0 heterocycles. The van der Waals surface area contributed by atoms with Crippen LogP contribution in [0, 0.1) is 5.92 Å². The molecule has 1 rings (SSSR count). The third kappa shape index (κ3) is 4.04. The van der Waals surface area contributed by atoms with Gasteiger partial charge >= 0.3 is 0 Å². The largest absolute Gasteiger partial charge is 0.326 e. The van der Waals surface area contributed by atoms with Crippen LogP contribution >= 0.6 is 15.9 Å². The second-order valence-electron chi connectivity index (χ2n) is 4.94. The van der Waals surface area contributed by atoms with Crippen LogP contribution in [0.4, 0.5) is 0 Å². The van der Waals surface area contributed by atoms with Gasteiger partial charge in [-0.05, 0) is 39.5 Å². The molecule has 0 saturated heterocycles. The number of hydrogen-bond acceptors (Lipinski definition) is 3. The Balaban J connectivity index is 3.19. The van der Waals surface area contributed by atoms with Crippen LogP contribution < -0.4 is 5.73 Å². The van der Waals surface area contributed by atoms with Crippen molar-refractivity contribution in [1.82, 2.24) is 4.31 Å². The van der Waals surface area contributed by atoms with Crippen molar-refractivity contribution in [2.45, 2.75) is 38.6 Å². The number of sulfonamides is 1. The van der Waals surface area contributed by atoms with E-state index in [1.807, 2.05) is 13.0 Å². The summed E-state index contributed by atoms with van der Waals surface area (Å²) < 4.78 is 27.6. The van der Waals surface area contributed by atoms with Gasteiger partial charge in [-0.1, -0.05) is 33.3 Å². The average molecular weight is 363 g/mol. The van der Waals surface area contributed by atoms with Gasteiger partial charge in [0.05, 0.1) is 4.90 Å². The van der Waals surface area contributed by atoms with Gasteiger partial charge in [0.25, 0.3) is 0 Å². The van der Waals surface area contributed by atoms with E-state index in [9.17, 15) is 8.42 Å². The fourth-order valence-corrected chi connectivity index (χ4v) is 4.43. The first-order valence-corrected chi connectivity index (χ1v) is 9.08. The average Bonchev–Trinajstić information content (AvgIpc) is 2.44.